The van der Waals surface area contributed by atoms with Gasteiger partial charge in [-0.3, -0.25) is 14.4 Å². The number of rotatable bonds is 5. The summed E-state index contributed by atoms with van der Waals surface area (Å²) in [6.45, 7) is 3.39. The van der Waals surface area contributed by atoms with E-state index in [2.05, 4.69) is 5.32 Å². The molecule has 2 aromatic carbocycles. The summed E-state index contributed by atoms with van der Waals surface area (Å²) < 4.78 is 0. The summed E-state index contributed by atoms with van der Waals surface area (Å²) >= 11 is 0. The lowest BCUT2D eigenvalue weighted by Gasteiger charge is -2.20. The number of nitrogens with one attached hydrogen (secondary N) is 1. The molecule has 6 heteroatoms. The summed E-state index contributed by atoms with van der Waals surface area (Å²) in [5.41, 5.74) is 3.85. The van der Waals surface area contributed by atoms with Gasteiger partial charge in [-0.15, -0.1) is 0 Å². The molecule has 1 atom stereocenters. The molecule has 0 aromatic heterocycles. The van der Waals surface area contributed by atoms with Crippen LogP contribution in [0.4, 0.5) is 11.4 Å². The smallest absolute Gasteiger partial charge is 0.227 e. The third-order valence-electron chi connectivity index (χ3n) is 5.68. The molecule has 2 aliphatic rings. The molecule has 2 heterocycles. The minimum absolute atomic E-state index is 0.0377. The minimum Gasteiger partial charge on any atom is -0.352 e. The fourth-order valence-electron chi connectivity index (χ4n) is 4.07. The fraction of sp³-hybridized carbons (Fsp3) is 0.348. The Kier molecular flexibility index (Phi) is 5.34. The summed E-state index contributed by atoms with van der Waals surface area (Å²) in [7, 11) is 0. The first-order valence-corrected chi connectivity index (χ1v) is 10.1. The van der Waals surface area contributed by atoms with Crippen LogP contribution in [-0.4, -0.2) is 30.8 Å². The van der Waals surface area contributed by atoms with E-state index in [4.69, 9.17) is 0 Å². The predicted octanol–water partition coefficient (Wildman–Crippen LogP) is 2.66. The van der Waals surface area contributed by atoms with Crippen LogP contribution in [0, 0.1) is 5.92 Å². The van der Waals surface area contributed by atoms with Crippen LogP contribution < -0.4 is 15.1 Å². The number of hydrogen-bond donors (Lipinski definition) is 1. The highest BCUT2D eigenvalue weighted by Gasteiger charge is 2.35. The van der Waals surface area contributed by atoms with E-state index in [-0.39, 0.29) is 30.1 Å². The first-order chi connectivity index (χ1) is 14.1. The van der Waals surface area contributed by atoms with Gasteiger partial charge < -0.3 is 15.1 Å². The average Bonchev–Trinajstić information content (AvgIpc) is 3.35. The van der Waals surface area contributed by atoms with Crippen molar-refractivity contribution in [3.05, 3.63) is 59.7 Å². The van der Waals surface area contributed by atoms with Crippen LogP contribution in [-0.2, 0) is 27.3 Å². The van der Waals surface area contributed by atoms with Crippen LogP contribution in [0.5, 0.6) is 0 Å². The number of anilines is 2. The van der Waals surface area contributed by atoms with Crippen LogP contribution in [0.1, 0.15) is 30.9 Å². The van der Waals surface area contributed by atoms with Crippen molar-refractivity contribution in [2.75, 3.05) is 22.9 Å². The highest BCUT2D eigenvalue weighted by Crippen LogP contribution is 2.34. The second kappa shape index (κ2) is 8.07. The molecule has 4 rings (SSSR count). The molecule has 0 unspecified atom stereocenters. The van der Waals surface area contributed by atoms with Gasteiger partial charge in [-0.1, -0.05) is 37.3 Å². The zero-order valence-corrected chi connectivity index (χ0v) is 16.6. The van der Waals surface area contributed by atoms with Gasteiger partial charge in [0, 0.05) is 43.9 Å². The number of nitrogens with zero attached hydrogens (tertiary/aromatic N) is 2. The standard InChI is InChI=1S/C23H25N3O3/c1-2-21(27)25-11-10-17-12-19(8-9-20(17)25)26-15-18(13-22(26)28)23(29)24-14-16-6-4-3-5-7-16/h3-9,12,18H,2,10-11,13-15H2,1H3,(H,24,29)/t18-/m1/s1. The lowest BCUT2D eigenvalue weighted by molar-refractivity contribution is -0.126. The van der Waals surface area contributed by atoms with Gasteiger partial charge in [-0.05, 0) is 35.7 Å². The Morgan fingerprint density at radius 3 is 2.69 bits per heavy atom. The number of benzene rings is 2. The number of carbonyl (C=O) groups excluding carboxylic acids is 3. The highest BCUT2D eigenvalue weighted by atomic mass is 16.2. The number of amides is 3. The molecule has 0 bridgehead atoms. The van der Waals surface area contributed by atoms with Crippen LogP contribution in [0.15, 0.2) is 48.5 Å². The first kappa shape index (κ1) is 19.2. The van der Waals surface area contributed by atoms with Crippen LogP contribution in [0.2, 0.25) is 0 Å². The largest absolute Gasteiger partial charge is 0.352 e. The summed E-state index contributed by atoms with van der Waals surface area (Å²) in [6, 6.07) is 15.5. The zero-order valence-electron chi connectivity index (χ0n) is 16.6. The van der Waals surface area contributed by atoms with E-state index in [1.807, 2.05) is 60.4 Å². The normalized spacial score (nSPS) is 18.1. The topological polar surface area (TPSA) is 69.7 Å². The third-order valence-corrected chi connectivity index (χ3v) is 5.68. The maximum atomic E-state index is 12.6. The van der Waals surface area contributed by atoms with Gasteiger partial charge in [0.05, 0.1) is 5.92 Å². The van der Waals surface area contributed by atoms with E-state index in [0.717, 1.165) is 28.9 Å². The number of carbonyl (C=O) groups is 3. The van der Waals surface area contributed by atoms with Crippen molar-refractivity contribution in [1.29, 1.82) is 0 Å². The van der Waals surface area contributed by atoms with Crippen molar-refractivity contribution >= 4 is 29.1 Å². The molecular formula is C23H25N3O3. The Bertz CT molecular complexity index is 942. The maximum Gasteiger partial charge on any atom is 0.227 e. The predicted molar refractivity (Wildman–Crippen MR) is 112 cm³/mol. The van der Waals surface area contributed by atoms with Gasteiger partial charge in [0.25, 0.3) is 0 Å². The molecular weight excluding hydrogens is 366 g/mol. The zero-order chi connectivity index (χ0) is 20.4. The molecule has 1 saturated heterocycles. The van der Waals surface area contributed by atoms with E-state index in [0.29, 0.717) is 26.1 Å². The fourth-order valence-corrected chi connectivity index (χ4v) is 4.07. The van der Waals surface area contributed by atoms with E-state index in [1.54, 1.807) is 4.90 Å². The molecule has 1 fully saturated rings. The van der Waals surface area contributed by atoms with Crippen molar-refractivity contribution in [2.24, 2.45) is 5.92 Å². The van der Waals surface area contributed by atoms with Gasteiger partial charge >= 0.3 is 0 Å². The van der Waals surface area contributed by atoms with Crippen molar-refractivity contribution in [1.82, 2.24) is 5.32 Å². The van der Waals surface area contributed by atoms with Crippen molar-refractivity contribution < 1.29 is 14.4 Å². The number of hydrogen-bond acceptors (Lipinski definition) is 3. The molecule has 6 nitrogen and oxygen atoms in total. The second-order valence-corrected chi connectivity index (χ2v) is 7.57. The molecule has 150 valence electrons. The third kappa shape index (κ3) is 3.88. The van der Waals surface area contributed by atoms with Crippen LogP contribution in [0.3, 0.4) is 0 Å². The Morgan fingerprint density at radius 1 is 1.14 bits per heavy atom. The molecule has 0 spiro atoms. The molecule has 1 N–H and O–H groups in total. The summed E-state index contributed by atoms with van der Waals surface area (Å²) in [5, 5.41) is 2.94. The van der Waals surface area contributed by atoms with Crippen LogP contribution >= 0.6 is 0 Å². The van der Waals surface area contributed by atoms with Gasteiger partial charge in [-0.2, -0.15) is 0 Å². The first-order valence-electron chi connectivity index (χ1n) is 10.1. The van der Waals surface area contributed by atoms with Crippen molar-refractivity contribution in [3.63, 3.8) is 0 Å². The summed E-state index contributed by atoms with van der Waals surface area (Å²) in [4.78, 5) is 40.7. The molecule has 0 saturated carbocycles. The highest BCUT2D eigenvalue weighted by molar-refractivity contribution is 6.01. The molecule has 2 aliphatic heterocycles. The van der Waals surface area contributed by atoms with Crippen molar-refractivity contribution in [2.45, 2.75) is 32.7 Å². The van der Waals surface area contributed by atoms with Crippen LogP contribution in [0.25, 0.3) is 0 Å². The Hall–Kier alpha value is -3.15. The van der Waals surface area contributed by atoms with Gasteiger partial charge in [0.2, 0.25) is 17.7 Å². The number of fused-ring (bicyclic) bond motifs is 1. The van der Waals surface area contributed by atoms with E-state index < -0.39 is 0 Å². The Balaban J connectivity index is 1.42. The SMILES string of the molecule is CCC(=O)N1CCc2cc(N3C[C@H](C(=O)NCc4ccccc4)CC3=O)ccc21. The lowest BCUT2D eigenvalue weighted by Crippen LogP contribution is -2.32. The molecule has 3 amide bonds. The van der Waals surface area contributed by atoms with Gasteiger partial charge in [0.1, 0.15) is 0 Å². The van der Waals surface area contributed by atoms with E-state index in [1.165, 1.54) is 0 Å². The quantitative estimate of drug-likeness (QED) is 0.852. The molecule has 0 radical (unpaired) electrons. The molecule has 29 heavy (non-hydrogen) atoms. The molecule has 2 aromatic rings. The van der Waals surface area contributed by atoms with Crippen molar-refractivity contribution in [3.8, 4) is 0 Å². The lowest BCUT2D eigenvalue weighted by atomic mass is 10.1. The monoisotopic (exact) mass is 391 g/mol. The van der Waals surface area contributed by atoms with E-state index in [9.17, 15) is 14.4 Å². The van der Waals surface area contributed by atoms with Gasteiger partial charge in [0.15, 0.2) is 0 Å². The average molecular weight is 391 g/mol. The minimum atomic E-state index is -0.349. The maximum absolute atomic E-state index is 12.6. The Morgan fingerprint density at radius 2 is 1.93 bits per heavy atom. The van der Waals surface area contributed by atoms with Gasteiger partial charge in [-0.25, -0.2) is 0 Å². The Labute approximate surface area is 170 Å². The second-order valence-electron chi connectivity index (χ2n) is 7.57. The summed E-state index contributed by atoms with van der Waals surface area (Å²) in [5.74, 6) is -0.364. The molecule has 0 aliphatic carbocycles. The van der Waals surface area contributed by atoms with E-state index >= 15 is 0 Å². The summed E-state index contributed by atoms with van der Waals surface area (Å²) in [6.07, 6.45) is 1.49.